The fourth-order valence-electron chi connectivity index (χ4n) is 4.12. The molecule has 1 N–H and O–H groups in total. The SMILES string of the molecule is O=C1C[C@@H]([NH+]2CCN(c3cccc(C(F)(F)F)c3)CC2)C(=O)N1c1cccc(Cl)c1. The van der Waals surface area contributed by atoms with E-state index in [2.05, 4.69) is 0 Å². The lowest BCUT2D eigenvalue weighted by molar-refractivity contribution is -0.915. The molecule has 0 bridgehead atoms. The molecule has 2 aromatic carbocycles. The number of benzene rings is 2. The van der Waals surface area contributed by atoms with Crippen LogP contribution < -0.4 is 14.7 Å². The van der Waals surface area contributed by atoms with Crippen molar-refractivity contribution in [2.24, 2.45) is 0 Å². The van der Waals surface area contributed by atoms with E-state index in [4.69, 9.17) is 11.6 Å². The first-order valence-corrected chi connectivity index (χ1v) is 10.0. The number of carbonyl (C=O) groups excluding carboxylic acids is 2. The van der Waals surface area contributed by atoms with Crippen molar-refractivity contribution >= 4 is 34.8 Å². The third-order valence-electron chi connectivity index (χ3n) is 5.65. The maximum absolute atomic E-state index is 13.0. The first-order valence-electron chi connectivity index (χ1n) is 9.63. The largest absolute Gasteiger partial charge is 0.416 e. The minimum Gasteiger partial charge on any atom is -0.360 e. The summed E-state index contributed by atoms with van der Waals surface area (Å²) in [5, 5.41) is 0.443. The Hall–Kier alpha value is -2.58. The molecule has 2 aromatic rings. The Morgan fingerprint density at radius 1 is 0.967 bits per heavy atom. The van der Waals surface area contributed by atoms with Crippen LogP contribution in [0.2, 0.25) is 5.02 Å². The van der Waals surface area contributed by atoms with Gasteiger partial charge in [0.2, 0.25) is 5.91 Å². The Balaban J connectivity index is 1.44. The Morgan fingerprint density at radius 2 is 1.63 bits per heavy atom. The Bertz CT molecular complexity index is 974. The average molecular weight is 439 g/mol. The fraction of sp³-hybridized carbons (Fsp3) is 0.333. The van der Waals surface area contributed by atoms with Crippen LogP contribution in [0.15, 0.2) is 48.5 Å². The van der Waals surface area contributed by atoms with Gasteiger partial charge in [0.1, 0.15) is 0 Å². The van der Waals surface area contributed by atoms with Crippen LogP contribution in [0.1, 0.15) is 12.0 Å². The molecule has 0 aromatic heterocycles. The van der Waals surface area contributed by atoms with Crippen LogP contribution >= 0.6 is 11.6 Å². The summed E-state index contributed by atoms with van der Waals surface area (Å²) in [4.78, 5) is 29.5. The molecule has 30 heavy (non-hydrogen) atoms. The molecule has 0 unspecified atom stereocenters. The number of quaternary nitrogens is 1. The number of hydrogen-bond acceptors (Lipinski definition) is 3. The normalized spacial score (nSPS) is 20.9. The van der Waals surface area contributed by atoms with Crippen LogP contribution in [-0.2, 0) is 15.8 Å². The number of anilines is 2. The predicted molar refractivity (Wildman–Crippen MR) is 107 cm³/mol. The molecular formula is C21H20ClF3N3O2+. The summed E-state index contributed by atoms with van der Waals surface area (Å²) in [7, 11) is 0. The Morgan fingerprint density at radius 3 is 2.30 bits per heavy atom. The second-order valence-corrected chi connectivity index (χ2v) is 7.93. The highest BCUT2D eigenvalue weighted by molar-refractivity contribution is 6.31. The molecular weight excluding hydrogens is 419 g/mol. The van der Waals surface area contributed by atoms with Gasteiger partial charge in [-0.05, 0) is 36.4 Å². The van der Waals surface area contributed by atoms with Gasteiger partial charge in [0.05, 0.1) is 43.9 Å². The minimum atomic E-state index is -4.39. The number of halogens is 4. The van der Waals surface area contributed by atoms with Crippen molar-refractivity contribution in [3.63, 3.8) is 0 Å². The van der Waals surface area contributed by atoms with E-state index in [0.717, 1.165) is 17.0 Å². The first-order chi connectivity index (χ1) is 14.2. The van der Waals surface area contributed by atoms with E-state index in [1.807, 2.05) is 4.90 Å². The quantitative estimate of drug-likeness (QED) is 0.749. The molecule has 2 aliphatic rings. The van der Waals surface area contributed by atoms with Gasteiger partial charge in [-0.15, -0.1) is 0 Å². The van der Waals surface area contributed by atoms with E-state index >= 15 is 0 Å². The summed E-state index contributed by atoms with van der Waals surface area (Å²) < 4.78 is 38.9. The van der Waals surface area contributed by atoms with E-state index < -0.39 is 17.8 Å². The molecule has 0 spiro atoms. The summed E-state index contributed by atoms with van der Waals surface area (Å²) in [6.07, 6.45) is -4.27. The zero-order valence-corrected chi connectivity index (χ0v) is 16.7. The van der Waals surface area contributed by atoms with Gasteiger partial charge < -0.3 is 9.80 Å². The maximum Gasteiger partial charge on any atom is 0.416 e. The molecule has 5 nitrogen and oxygen atoms in total. The molecule has 0 aliphatic carbocycles. The molecule has 2 fully saturated rings. The summed E-state index contributed by atoms with van der Waals surface area (Å²) in [5.74, 6) is -0.523. The lowest BCUT2D eigenvalue weighted by atomic mass is 10.1. The van der Waals surface area contributed by atoms with Gasteiger partial charge in [0, 0.05) is 10.7 Å². The highest BCUT2D eigenvalue weighted by atomic mass is 35.5. The van der Waals surface area contributed by atoms with Crippen molar-refractivity contribution in [2.45, 2.75) is 18.6 Å². The van der Waals surface area contributed by atoms with E-state index in [1.54, 1.807) is 30.3 Å². The van der Waals surface area contributed by atoms with Crippen molar-refractivity contribution in [1.82, 2.24) is 0 Å². The molecule has 4 rings (SSSR count). The zero-order valence-electron chi connectivity index (χ0n) is 16.0. The molecule has 1 atom stereocenters. The highest BCUT2D eigenvalue weighted by Crippen LogP contribution is 2.31. The predicted octanol–water partition coefficient (Wildman–Crippen LogP) is 2.40. The molecule has 158 valence electrons. The number of piperazine rings is 1. The van der Waals surface area contributed by atoms with Crippen molar-refractivity contribution < 1.29 is 27.7 Å². The molecule has 0 saturated carbocycles. The van der Waals surface area contributed by atoms with Gasteiger partial charge in [-0.3, -0.25) is 9.59 Å². The first kappa shape index (κ1) is 20.7. The highest BCUT2D eigenvalue weighted by Gasteiger charge is 2.46. The van der Waals surface area contributed by atoms with Crippen molar-refractivity contribution in [3.8, 4) is 0 Å². The van der Waals surface area contributed by atoms with Crippen molar-refractivity contribution in [2.75, 3.05) is 36.0 Å². The molecule has 2 saturated heterocycles. The van der Waals surface area contributed by atoms with Crippen LogP contribution in [0.5, 0.6) is 0 Å². The number of imide groups is 1. The molecule has 9 heteroatoms. The number of amides is 2. The summed E-state index contributed by atoms with van der Waals surface area (Å²) in [5.41, 5.74) is 0.295. The van der Waals surface area contributed by atoms with Crippen molar-refractivity contribution in [3.05, 3.63) is 59.1 Å². The van der Waals surface area contributed by atoms with E-state index in [9.17, 15) is 22.8 Å². The zero-order chi connectivity index (χ0) is 21.5. The number of alkyl halides is 3. The minimum absolute atomic E-state index is 0.115. The van der Waals surface area contributed by atoms with E-state index in [-0.39, 0.29) is 18.2 Å². The number of rotatable bonds is 3. The van der Waals surface area contributed by atoms with Gasteiger partial charge in [0.25, 0.3) is 5.91 Å². The van der Waals surface area contributed by atoms with Gasteiger partial charge in [0.15, 0.2) is 6.04 Å². The smallest absolute Gasteiger partial charge is 0.360 e. The van der Waals surface area contributed by atoms with Crippen LogP contribution in [0.25, 0.3) is 0 Å². The average Bonchev–Trinajstić information content (AvgIpc) is 3.01. The second-order valence-electron chi connectivity index (χ2n) is 7.50. The third kappa shape index (κ3) is 4.02. The number of hydrogen-bond donors (Lipinski definition) is 1. The summed E-state index contributed by atoms with van der Waals surface area (Å²) in [6.45, 7) is 2.13. The maximum atomic E-state index is 13.0. The van der Waals surface area contributed by atoms with Gasteiger partial charge in [-0.1, -0.05) is 23.7 Å². The van der Waals surface area contributed by atoms with Crippen molar-refractivity contribution in [1.29, 1.82) is 0 Å². The van der Waals surface area contributed by atoms with Crippen LogP contribution in [0.3, 0.4) is 0 Å². The van der Waals surface area contributed by atoms with Crippen LogP contribution in [0, 0.1) is 0 Å². The number of nitrogens with zero attached hydrogens (tertiary/aromatic N) is 2. The second kappa shape index (κ2) is 7.92. The Labute approximate surface area is 176 Å². The Kier molecular flexibility index (Phi) is 5.46. The third-order valence-corrected chi connectivity index (χ3v) is 5.89. The monoisotopic (exact) mass is 438 g/mol. The summed E-state index contributed by atoms with van der Waals surface area (Å²) >= 11 is 5.99. The molecule has 0 radical (unpaired) electrons. The fourth-order valence-corrected chi connectivity index (χ4v) is 4.30. The molecule has 2 aliphatic heterocycles. The van der Waals surface area contributed by atoms with Crippen LogP contribution in [-0.4, -0.2) is 44.0 Å². The van der Waals surface area contributed by atoms with Gasteiger partial charge >= 0.3 is 6.18 Å². The van der Waals surface area contributed by atoms with Gasteiger partial charge in [-0.2, -0.15) is 13.2 Å². The molecule has 2 heterocycles. The topological polar surface area (TPSA) is 45.1 Å². The lowest BCUT2D eigenvalue weighted by Crippen LogP contribution is -3.19. The van der Waals surface area contributed by atoms with Gasteiger partial charge in [-0.25, -0.2) is 4.90 Å². The lowest BCUT2D eigenvalue weighted by Gasteiger charge is -2.35. The molecule has 2 amide bonds. The summed E-state index contributed by atoms with van der Waals surface area (Å²) in [6, 6.07) is 11.4. The van der Waals surface area contributed by atoms with E-state index in [0.29, 0.717) is 42.6 Å². The standard InChI is InChI=1S/C21H19ClF3N3O2/c22-15-4-2-6-17(12-15)28-19(29)13-18(20(28)30)27-9-7-26(8-10-27)16-5-1-3-14(11-16)21(23,24)25/h1-6,11-12,18H,7-10,13H2/p+1/t18-/m1/s1. The number of carbonyl (C=O) groups is 2. The van der Waals surface area contributed by atoms with Crippen LogP contribution in [0.4, 0.5) is 24.5 Å². The van der Waals surface area contributed by atoms with E-state index in [1.165, 1.54) is 11.0 Å². The number of nitrogens with one attached hydrogen (secondary N) is 1.